The van der Waals surface area contributed by atoms with Crippen molar-refractivity contribution in [3.63, 3.8) is 0 Å². The van der Waals surface area contributed by atoms with E-state index in [9.17, 15) is 14.4 Å². The van der Waals surface area contributed by atoms with Gasteiger partial charge in [0.2, 0.25) is 5.91 Å². The van der Waals surface area contributed by atoms with Crippen LogP contribution in [0.1, 0.15) is 26.2 Å². The first-order chi connectivity index (χ1) is 8.46. The highest BCUT2D eigenvalue weighted by Crippen LogP contribution is 2.04. The zero-order valence-electron chi connectivity index (χ0n) is 10.6. The number of hydrogen-bond acceptors (Lipinski definition) is 5. The molecule has 4 N–H and O–H groups in total. The Hall–Kier alpha value is -1.63. The van der Waals surface area contributed by atoms with Crippen LogP contribution in [0.3, 0.4) is 0 Å². The summed E-state index contributed by atoms with van der Waals surface area (Å²) in [4.78, 5) is 33.5. The molecule has 0 fully saturated rings. The fourth-order valence-electron chi connectivity index (χ4n) is 1.37. The van der Waals surface area contributed by atoms with Crippen LogP contribution < -0.4 is 11.1 Å². The van der Waals surface area contributed by atoms with Crippen LogP contribution in [0.5, 0.6) is 0 Å². The highest BCUT2D eigenvalue weighted by molar-refractivity contribution is 5.85. The van der Waals surface area contributed by atoms with Crippen molar-refractivity contribution < 1.29 is 24.2 Å². The number of hydrogen-bond donors (Lipinski definition) is 3. The third-order valence-electron chi connectivity index (χ3n) is 2.63. The number of ether oxygens (including phenoxy) is 1. The quantitative estimate of drug-likeness (QED) is 0.506. The summed E-state index contributed by atoms with van der Waals surface area (Å²) in [6, 6.07) is -1.10. The summed E-state index contributed by atoms with van der Waals surface area (Å²) in [7, 11) is 1.22. The normalized spacial score (nSPS) is 13.5. The number of carbonyl (C=O) groups excluding carboxylic acids is 2. The van der Waals surface area contributed by atoms with Gasteiger partial charge in [-0.3, -0.25) is 9.59 Å². The van der Waals surface area contributed by atoms with E-state index >= 15 is 0 Å². The second-order valence-electron chi connectivity index (χ2n) is 3.86. The first-order valence-electron chi connectivity index (χ1n) is 5.76. The van der Waals surface area contributed by atoms with Gasteiger partial charge in [-0.25, -0.2) is 4.79 Å². The van der Waals surface area contributed by atoms with Gasteiger partial charge in [-0.15, -0.1) is 0 Å². The van der Waals surface area contributed by atoms with Gasteiger partial charge < -0.3 is 20.9 Å². The lowest BCUT2D eigenvalue weighted by molar-refractivity contribution is -0.144. The van der Waals surface area contributed by atoms with E-state index in [-0.39, 0.29) is 19.4 Å². The molecule has 1 amide bonds. The van der Waals surface area contributed by atoms with E-state index in [1.807, 2.05) is 0 Å². The average molecular weight is 260 g/mol. The van der Waals surface area contributed by atoms with E-state index in [2.05, 4.69) is 10.1 Å². The Morgan fingerprint density at radius 1 is 1.39 bits per heavy atom. The van der Waals surface area contributed by atoms with E-state index in [1.54, 1.807) is 6.92 Å². The number of amides is 1. The van der Waals surface area contributed by atoms with E-state index in [1.165, 1.54) is 7.11 Å². The molecule has 0 aromatic heterocycles. The molecular formula is C11H20N2O5. The number of nitrogens with two attached hydrogens (primary N) is 1. The number of rotatable bonds is 8. The monoisotopic (exact) mass is 260 g/mol. The summed E-state index contributed by atoms with van der Waals surface area (Å²) in [5.74, 6) is -2.51. The van der Waals surface area contributed by atoms with E-state index in [4.69, 9.17) is 10.8 Å². The van der Waals surface area contributed by atoms with Crippen LogP contribution in [0.2, 0.25) is 0 Å². The molecule has 0 aliphatic rings. The molecule has 0 aromatic rings. The van der Waals surface area contributed by atoms with Gasteiger partial charge in [-0.05, 0) is 12.8 Å². The first-order valence-corrected chi connectivity index (χ1v) is 5.76. The fourth-order valence-corrected chi connectivity index (χ4v) is 1.37. The third kappa shape index (κ3) is 5.62. The van der Waals surface area contributed by atoms with Gasteiger partial charge in [-0.2, -0.15) is 0 Å². The molecule has 0 heterocycles. The van der Waals surface area contributed by atoms with Gasteiger partial charge in [-0.1, -0.05) is 6.92 Å². The van der Waals surface area contributed by atoms with Crippen LogP contribution >= 0.6 is 0 Å². The van der Waals surface area contributed by atoms with Crippen LogP contribution in [-0.4, -0.2) is 42.6 Å². The van der Waals surface area contributed by atoms with Crippen molar-refractivity contribution in [2.75, 3.05) is 13.7 Å². The van der Waals surface area contributed by atoms with E-state index in [0.29, 0.717) is 6.42 Å². The maximum Gasteiger partial charge on any atom is 0.326 e. The molecule has 0 saturated carbocycles. The largest absolute Gasteiger partial charge is 0.480 e. The first kappa shape index (κ1) is 16.4. The molecule has 18 heavy (non-hydrogen) atoms. The molecule has 0 bridgehead atoms. The zero-order chi connectivity index (χ0) is 14.1. The van der Waals surface area contributed by atoms with Crippen LogP contribution in [0.15, 0.2) is 0 Å². The minimum absolute atomic E-state index is 0.00521. The van der Waals surface area contributed by atoms with Gasteiger partial charge in [0.1, 0.15) is 6.04 Å². The summed E-state index contributed by atoms with van der Waals surface area (Å²) >= 11 is 0. The Bertz CT molecular complexity index is 302. The number of carboxylic acid groups (broad SMARTS) is 1. The minimum atomic E-state index is -1.18. The highest BCUT2D eigenvalue weighted by Gasteiger charge is 2.24. The lowest BCUT2D eigenvalue weighted by Gasteiger charge is -2.18. The second-order valence-corrected chi connectivity index (χ2v) is 3.86. The molecule has 0 radical (unpaired) electrons. The number of nitrogens with one attached hydrogen (secondary N) is 1. The Balaban J connectivity index is 4.40. The topological polar surface area (TPSA) is 119 Å². The van der Waals surface area contributed by atoms with Crippen molar-refractivity contribution in [2.24, 2.45) is 11.7 Å². The molecule has 104 valence electrons. The van der Waals surface area contributed by atoms with Crippen LogP contribution in [0, 0.1) is 5.92 Å². The fraction of sp³-hybridized carbons (Fsp3) is 0.727. The molecule has 0 aliphatic heterocycles. The lowest BCUT2D eigenvalue weighted by atomic mass is 10.0. The zero-order valence-corrected chi connectivity index (χ0v) is 10.6. The molecule has 0 rings (SSSR count). The summed E-state index contributed by atoms with van der Waals surface area (Å²) in [5.41, 5.74) is 5.40. The number of carboxylic acids is 1. The van der Waals surface area contributed by atoms with Crippen LogP contribution in [0.25, 0.3) is 0 Å². The van der Waals surface area contributed by atoms with Crippen LogP contribution in [-0.2, 0) is 19.1 Å². The molecular weight excluding hydrogens is 240 g/mol. The Morgan fingerprint density at radius 3 is 2.39 bits per heavy atom. The predicted molar refractivity (Wildman–Crippen MR) is 63.7 cm³/mol. The summed E-state index contributed by atoms with van der Waals surface area (Å²) < 4.78 is 4.41. The maximum atomic E-state index is 11.7. The molecule has 0 aromatic carbocycles. The van der Waals surface area contributed by atoms with Crippen molar-refractivity contribution in [2.45, 2.75) is 32.2 Å². The number of methoxy groups -OCH3 is 1. The van der Waals surface area contributed by atoms with Gasteiger partial charge in [0.25, 0.3) is 0 Å². The van der Waals surface area contributed by atoms with Gasteiger partial charge >= 0.3 is 11.9 Å². The third-order valence-corrected chi connectivity index (χ3v) is 2.63. The van der Waals surface area contributed by atoms with Crippen LogP contribution in [0.4, 0.5) is 0 Å². The molecule has 0 spiro atoms. The summed E-state index contributed by atoms with van der Waals surface area (Å²) in [6.07, 6.45) is 0.466. The molecule has 7 nitrogen and oxygen atoms in total. The predicted octanol–water partition coefficient (Wildman–Crippen LogP) is -0.506. The number of carbonyl (C=O) groups is 3. The van der Waals surface area contributed by atoms with E-state index in [0.717, 1.165) is 0 Å². The van der Waals surface area contributed by atoms with Gasteiger partial charge in [0.05, 0.1) is 7.11 Å². The van der Waals surface area contributed by atoms with E-state index < -0.39 is 29.8 Å². The smallest absolute Gasteiger partial charge is 0.326 e. The van der Waals surface area contributed by atoms with Crippen molar-refractivity contribution in [3.8, 4) is 0 Å². The summed E-state index contributed by atoms with van der Waals surface area (Å²) in [5, 5.41) is 11.3. The number of esters is 1. The molecule has 0 aliphatic carbocycles. The summed E-state index contributed by atoms with van der Waals surface area (Å²) in [6.45, 7) is 1.95. The standard InChI is InChI=1S/C11H20N2O5/c1-3-7(6-12)10(15)13-8(11(16)17)4-5-9(14)18-2/h7-8H,3-6,12H2,1-2H3,(H,13,15)(H,16,17)/t7?,8-/m0/s1. The molecule has 1 unspecified atom stereocenters. The second kappa shape index (κ2) is 8.46. The Labute approximate surface area is 106 Å². The molecule has 0 saturated heterocycles. The van der Waals surface area contributed by atoms with Gasteiger partial charge in [0.15, 0.2) is 0 Å². The molecule has 7 heteroatoms. The SMILES string of the molecule is CCC(CN)C(=O)N[C@@H](CCC(=O)OC)C(=O)O. The van der Waals surface area contributed by atoms with Crippen molar-refractivity contribution in [1.82, 2.24) is 5.32 Å². The average Bonchev–Trinajstić information content (AvgIpc) is 2.34. The van der Waals surface area contributed by atoms with Crippen molar-refractivity contribution >= 4 is 17.8 Å². The Kier molecular flexibility index (Phi) is 7.69. The lowest BCUT2D eigenvalue weighted by Crippen LogP contribution is -2.45. The maximum absolute atomic E-state index is 11.7. The molecule has 2 atom stereocenters. The van der Waals surface area contributed by atoms with Crippen molar-refractivity contribution in [3.05, 3.63) is 0 Å². The number of aliphatic carboxylic acids is 1. The van der Waals surface area contributed by atoms with Crippen molar-refractivity contribution in [1.29, 1.82) is 0 Å². The Morgan fingerprint density at radius 2 is 2.00 bits per heavy atom. The highest BCUT2D eigenvalue weighted by atomic mass is 16.5. The minimum Gasteiger partial charge on any atom is -0.480 e. The van der Waals surface area contributed by atoms with Gasteiger partial charge in [0, 0.05) is 18.9 Å².